The van der Waals surface area contributed by atoms with E-state index in [4.69, 9.17) is 14.2 Å². The van der Waals surface area contributed by atoms with Gasteiger partial charge in [0.05, 0.1) is 33.3 Å². The molecule has 0 bridgehead atoms. The van der Waals surface area contributed by atoms with Gasteiger partial charge in [-0.25, -0.2) is 0 Å². The monoisotopic (exact) mass is 353 g/mol. The first-order chi connectivity index (χ1) is 12.7. The number of hydrogen-bond acceptors (Lipinski definition) is 4. The number of hydrogen-bond donors (Lipinski definition) is 1. The summed E-state index contributed by atoms with van der Waals surface area (Å²) in [6, 6.07) is 10.0. The minimum Gasteiger partial charge on any atom is -0.493 e. The molecular formula is C21H23NO4. The fraction of sp³-hybridized carbons (Fsp3) is 0.381. The lowest BCUT2D eigenvalue weighted by atomic mass is 10.0. The zero-order valence-corrected chi connectivity index (χ0v) is 15.1. The normalized spacial score (nSPS) is 17.2. The van der Waals surface area contributed by atoms with Crippen molar-refractivity contribution in [2.45, 2.75) is 31.7 Å². The van der Waals surface area contributed by atoms with E-state index in [9.17, 15) is 4.79 Å². The van der Waals surface area contributed by atoms with Crippen molar-refractivity contribution in [3.05, 3.63) is 52.6 Å². The second-order valence-corrected chi connectivity index (χ2v) is 6.78. The van der Waals surface area contributed by atoms with Gasteiger partial charge in [-0.3, -0.25) is 4.79 Å². The van der Waals surface area contributed by atoms with Gasteiger partial charge in [0.2, 0.25) is 5.91 Å². The Labute approximate surface area is 153 Å². The zero-order valence-electron chi connectivity index (χ0n) is 15.1. The number of aryl methyl sites for hydroxylation is 1. The summed E-state index contributed by atoms with van der Waals surface area (Å²) in [5.74, 6) is 2.42. The van der Waals surface area contributed by atoms with Gasteiger partial charge in [0.25, 0.3) is 0 Å². The Balaban J connectivity index is 1.46. The van der Waals surface area contributed by atoms with E-state index in [1.807, 2.05) is 24.3 Å². The summed E-state index contributed by atoms with van der Waals surface area (Å²) in [6.07, 6.45) is 3.13. The molecule has 1 amide bonds. The number of carbonyl (C=O) groups excluding carboxylic acids is 1. The molecule has 0 saturated heterocycles. The Morgan fingerprint density at radius 1 is 1.12 bits per heavy atom. The van der Waals surface area contributed by atoms with E-state index in [0.29, 0.717) is 12.2 Å². The van der Waals surface area contributed by atoms with Gasteiger partial charge >= 0.3 is 0 Å². The Kier molecular flexibility index (Phi) is 4.45. The second kappa shape index (κ2) is 6.90. The summed E-state index contributed by atoms with van der Waals surface area (Å²) in [4.78, 5) is 12.6. The SMILES string of the molecule is COc1cc2c(cc1OC)C(NC(=O)Cc1ccc3c(c1)CCO3)CC2. The highest BCUT2D eigenvalue weighted by Crippen LogP contribution is 2.39. The van der Waals surface area contributed by atoms with E-state index in [1.165, 1.54) is 11.1 Å². The molecule has 0 aromatic heterocycles. The van der Waals surface area contributed by atoms with Gasteiger partial charge in [0, 0.05) is 6.42 Å². The summed E-state index contributed by atoms with van der Waals surface area (Å²) in [7, 11) is 3.27. The lowest BCUT2D eigenvalue weighted by molar-refractivity contribution is -0.121. The fourth-order valence-electron chi connectivity index (χ4n) is 3.86. The Morgan fingerprint density at radius 2 is 1.92 bits per heavy atom. The first kappa shape index (κ1) is 16.8. The third-order valence-corrected chi connectivity index (χ3v) is 5.18. The first-order valence-electron chi connectivity index (χ1n) is 8.96. The van der Waals surface area contributed by atoms with Crippen molar-refractivity contribution in [1.29, 1.82) is 0 Å². The molecule has 0 radical (unpaired) electrons. The van der Waals surface area contributed by atoms with Crippen LogP contribution in [0.15, 0.2) is 30.3 Å². The maximum Gasteiger partial charge on any atom is 0.224 e. The summed E-state index contributed by atoms with van der Waals surface area (Å²) in [6.45, 7) is 0.731. The molecule has 1 N–H and O–H groups in total. The molecule has 0 saturated carbocycles. The van der Waals surface area contributed by atoms with Gasteiger partial charge in [0.1, 0.15) is 5.75 Å². The highest BCUT2D eigenvalue weighted by molar-refractivity contribution is 5.79. The average molecular weight is 353 g/mol. The summed E-state index contributed by atoms with van der Waals surface area (Å²) in [5.41, 5.74) is 4.55. The van der Waals surface area contributed by atoms with Gasteiger partial charge in [-0.2, -0.15) is 0 Å². The Hall–Kier alpha value is -2.69. The number of rotatable bonds is 5. The van der Waals surface area contributed by atoms with Gasteiger partial charge in [0.15, 0.2) is 11.5 Å². The molecule has 0 spiro atoms. The van der Waals surface area contributed by atoms with E-state index in [1.54, 1.807) is 14.2 Å². The standard InChI is InChI=1S/C21H23NO4/c1-24-19-11-14-4-5-17(16(14)12-20(19)25-2)22-21(23)10-13-3-6-18-15(9-13)7-8-26-18/h3,6,9,11-12,17H,4-5,7-8,10H2,1-2H3,(H,22,23). The van der Waals surface area contributed by atoms with E-state index >= 15 is 0 Å². The maximum atomic E-state index is 12.6. The third-order valence-electron chi connectivity index (χ3n) is 5.18. The largest absolute Gasteiger partial charge is 0.493 e. The van der Waals surface area contributed by atoms with Gasteiger partial charge in [-0.15, -0.1) is 0 Å². The second-order valence-electron chi connectivity index (χ2n) is 6.78. The minimum atomic E-state index is 0.0232. The van der Waals surface area contributed by atoms with Crippen molar-refractivity contribution < 1.29 is 19.0 Å². The van der Waals surface area contributed by atoms with E-state index < -0.39 is 0 Å². The van der Waals surface area contributed by atoms with Gasteiger partial charge < -0.3 is 19.5 Å². The van der Waals surface area contributed by atoms with Gasteiger partial charge in [-0.1, -0.05) is 12.1 Å². The predicted molar refractivity (Wildman–Crippen MR) is 98.1 cm³/mol. The summed E-state index contributed by atoms with van der Waals surface area (Å²) >= 11 is 0. The molecule has 0 fully saturated rings. The maximum absolute atomic E-state index is 12.6. The summed E-state index contributed by atoms with van der Waals surface area (Å²) < 4.78 is 16.3. The van der Waals surface area contributed by atoms with Crippen LogP contribution in [0.1, 0.15) is 34.7 Å². The van der Waals surface area contributed by atoms with Crippen LogP contribution in [0.5, 0.6) is 17.2 Å². The van der Waals surface area contributed by atoms with E-state index in [2.05, 4.69) is 11.4 Å². The zero-order chi connectivity index (χ0) is 18.1. The predicted octanol–water partition coefficient (Wildman–Crippen LogP) is 2.98. The third kappa shape index (κ3) is 3.09. The van der Waals surface area contributed by atoms with Crippen LogP contribution in [-0.2, 0) is 24.1 Å². The lowest BCUT2D eigenvalue weighted by Crippen LogP contribution is -2.28. The van der Waals surface area contributed by atoms with Crippen molar-refractivity contribution in [3.8, 4) is 17.2 Å². The van der Waals surface area contributed by atoms with Crippen LogP contribution >= 0.6 is 0 Å². The molecule has 5 heteroatoms. The van der Waals surface area contributed by atoms with E-state index in [-0.39, 0.29) is 11.9 Å². The van der Waals surface area contributed by atoms with E-state index in [0.717, 1.165) is 48.5 Å². The molecule has 1 unspecified atom stereocenters. The van der Waals surface area contributed by atoms with Crippen molar-refractivity contribution in [3.63, 3.8) is 0 Å². The average Bonchev–Trinajstić information content (AvgIpc) is 3.26. The molecule has 5 nitrogen and oxygen atoms in total. The van der Waals surface area contributed by atoms with Crippen LogP contribution in [0.2, 0.25) is 0 Å². The molecule has 4 rings (SSSR count). The quantitative estimate of drug-likeness (QED) is 0.898. The van der Waals surface area contributed by atoms with Crippen molar-refractivity contribution in [2.75, 3.05) is 20.8 Å². The highest BCUT2D eigenvalue weighted by Gasteiger charge is 2.26. The molecular weight excluding hydrogens is 330 g/mol. The molecule has 2 aromatic carbocycles. The van der Waals surface area contributed by atoms with Crippen LogP contribution in [0.4, 0.5) is 0 Å². The van der Waals surface area contributed by atoms with Crippen LogP contribution < -0.4 is 19.5 Å². The number of methoxy groups -OCH3 is 2. The Bertz CT molecular complexity index is 846. The Morgan fingerprint density at radius 3 is 2.73 bits per heavy atom. The van der Waals surface area contributed by atoms with Crippen LogP contribution in [0.3, 0.4) is 0 Å². The molecule has 1 heterocycles. The molecule has 26 heavy (non-hydrogen) atoms. The topological polar surface area (TPSA) is 56.8 Å². The summed E-state index contributed by atoms with van der Waals surface area (Å²) in [5, 5.41) is 3.17. The smallest absolute Gasteiger partial charge is 0.224 e. The van der Waals surface area contributed by atoms with Crippen LogP contribution in [0.25, 0.3) is 0 Å². The molecule has 1 aliphatic heterocycles. The van der Waals surface area contributed by atoms with Crippen LogP contribution in [0, 0.1) is 0 Å². The van der Waals surface area contributed by atoms with Gasteiger partial charge in [-0.05, 0) is 53.3 Å². The molecule has 2 aliphatic rings. The van der Waals surface area contributed by atoms with Crippen molar-refractivity contribution in [2.24, 2.45) is 0 Å². The molecule has 1 atom stereocenters. The number of carbonyl (C=O) groups is 1. The molecule has 136 valence electrons. The molecule has 2 aromatic rings. The van der Waals surface area contributed by atoms with Crippen molar-refractivity contribution >= 4 is 5.91 Å². The number of ether oxygens (including phenoxy) is 3. The van der Waals surface area contributed by atoms with Crippen molar-refractivity contribution in [1.82, 2.24) is 5.32 Å². The highest BCUT2D eigenvalue weighted by atomic mass is 16.5. The minimum absolute atomic E-state index is 0.0232. The fourth-order valence-corrected chi connectivity index (χ4v) is 3.86. The lowest BCUT2D eigenvalue weighted by Gasteiger charge is -2.16. The number of nitrogens with one attached hydrogen (secondary N) is 1. The number of amides is 1. The van der Waals surface area contributed by atoms with Crippen LogP contribution in [-0.4, -0.2) is 26.7 Å². The molecule has 1 aliphatic carbocycles. The number of benzene rings is 2. The first-order valence-corrected chi connectivity index (χ1v) is 8.96. The number of fused-ring (bicyclic) bond motifs is 2.